The van der Waals surface area contributed by atoms with Gasteiger partial charge < -0.3 is 9.80 Å². The van der Waals surface area contributed by atoms with Crippen molar-refractivity contribution in [1.29, 1.82) is 0 Å². The molecule has 2 aromatic heterocycles. The van der Waals surface area contributed by atoms with Gasteiger partial charge in [-0.15, -0.1) is 0 Å². The summed E-state index contributed by atoms with van der Waals surface area (Å²) < 4.78 is 1.70. The van der Waals surface area contributed by atoms with E-state index in [1.54, 1.807) is 10.7 Å². The van der Waals surface area contributed by atoms with E-state index in [0.29, 0.717) is 23.3 Å². The van der Waals surface area contributed by atoms with Gasteiger partial charge >= 0.3 is 0 Å². The number of likely N-dealkylation sites (tertiary alicyclic amines) is 2. The number of aromatic nitrogens is 3. The first-order chi connectivity index (χ1) is 11.2. The maximum atomic E-state index is 13.2. The van der Waals surface area contributed by atoms with Crippen LogP contribution >= 0.6 is 0 Å². The first kappa shape index (κ1) is 14.6. The number of likely N-dealkylation sites (N-methyl/N-ethyl adjacent to an activating group) is 1. The Hall–Kier alpha value is -1.95. The molecule has 0 unspecified atom stereocenters. The van der Waals surface area contributed by atoms with Crippen molar-refractivity contribution in [2.45, 2.75) is 44.7 Å². The average Bonchev–Trinajstić information content (AvgIpc) is 3.23. The molecule has 2 aliphatic rings. The third-order valence-corrected chi connectivity index (χ3v) is 5.37. The Balaban J connectivity index is 1.68. The van der Waals surface area contributed by atoms with Crippen molar-refractivity contribution in [1.82, 2.24) is 24.4 Å². The number of rotatable bonds is 2. The van der Waals surface area contributed by atoms with Crippen molar-refractivity contribution in [3.8, 4) is 0 Å². The summed E-state index contributed by atoms with van der Waals surface area (Å²) in [5.41, 5.74) is 2.10. The monoisotopic (exact) mass is 313 g/mol. The highest BCUT2D eigenvalue weighted by Crippen LogP contribution is 2.31. The summed E-state index contributed by atoms with van der Waals surface area (Å²) in [7, 11) is 2.18. The number of hydrogen-bond acceptors (Lipinski definition) is 4. The molecule has 0 radical (unpaired) electrons. The van der Waals surface area contributed by atoms with Gasteiger partial charge in [0.05, 0.1) is 5.69 Å². The second kappa shape index (κ2) is 5.60. The first-order valence-electron chi connectivity index (χ1n) is 8.48. The third-order valence-electron chi connectivity index (χ3n) is 5.37. The van der Waals surface area contributed by atoms with Gasteiger partial charge in [0.2, 0.25) is 0 Å². The van der Waals surface area contributed by atoms with Gasteiger partial charge in [0.15, 0.2) is 5.65 Å². The number of nitrogens with zero attached hydrogens (tertiary/aromatic N) is 5. The average molecular weight is 313 g/mol. The highest BCUT2D eigenvalue weighted by atomic mass is 16.2. The van der Waals surface area contributed by atoms with Crippen LogP contribution in [-0.4, -0.2) is 62.5 Å². The van der Waals surface area contributed by atoms with Crippen LogP contribution in [0, 0.1) is 6.92 Å². The quantitative estimate of drug-likeness (QED) is 0.847. The van der Waals surface area contributed by atoms with E-state index in [1.165, 1.54) is 12.8 Å². The molecule has 23 heavy (non-hydrogen) atoms. The van der Waals surface area contributed by atoms with Gasteiger partial charge in [0.1, 0.15) is 5.56 Å². The molecule has 0 saturated carbocycles. The molecule has 0 bridgehead atoms. The number of carbonyl (C=O) groups is 1. The molecule has 2 atom stereocenters. The van der Waals surface area contributed by atoms with Gasteiger partial charge in [-0.25, -0.2) is 9.50 Å². The Kier molecular flexibility index (Phi) is 3.56. The Morgan fingerprint density at radius 2 is 2.00 bits per heavy atom. The normalized spacial score (nSPS) is 25.6. The molecule has 2 saturated heterocycles. The van der Waals surface area contributed by atoms with E-state index in [4.69, 9.17) is 0 Å². The molecule has 2 fully saturated rings. The van der Waals surface area contributed by atoms with E-state index in [9.17, 15) is 4.79 Å². The largest absolute Gasteiger partial charge is 0.334 e. The molecule has 0 aromatic carbocycles. The molecule has 4 heterocycles. The van der Waals surface area contributed by atoms with Crippen LogP contribution in [0.1, 0.15) is 41.7 Å². The second-order valence-corrected chi connectivity index (χ2v) is 6.75. The van der Waals surface area contributed by atoms with Gasteiger partial charge in [-0.3, -0.25) is 4.79 Å². The summed E-state index contributed by atoms with van der Waals surface area (Å²) in [4.78, 5) is 22.1. The molecule has 0 aliphatic carbocycles. The number of carbonyl (C=O) groups excluding carboxylic acids is 1. The Labute approximate surface area is 136 Å². The zero-order valence-electron chi connectivity index (χ0n) is 13.8. The zero-order valence-corrected chi connectivity index (χ0v) is 13.8. The Morgan fingerprint density at radius 1 is 1.22 bits per heavy atom. The molecule has 2 aromatic rings. The molecule has 1 amide bonds. The summed E-state index contributed by atoms with van der Waals surface area (Å²) >= 11 is 0. The van der Waals surface area contributed by atoms with Crippen molar-refractivity contribution in [3.05, 3.63) is 29.7 Å². The van der Waals surface area contributed by atoms with Crippen LogP contribution in [0.3, 0.4) is 0 Å². The molecule has 2 aliphatic heterocycles. The minimum atomic E-state index is 0.0963. The van der Waals surface area contributed by atoms with Crippen LogP contribution in [0.4, 0.5) is 0 Å². The summed E-state index contributed by atoms with van der Waals surface area (Å²) in [5.74, 6) is 0.0963. The van der Waals surface area contributed by atoms with E-state index in [0.717, 1.165) is 31.6 Å². The summed E-state index contributed by atoms with van der Waals surface area (Å²) in [5, 5.41) is 4.44. The van der Waals surface area contributed by atoms with Crippen molar-refractivity contribution >= 4 is 11.6 Å². The van der Waals surface area contributed by atoms with Gasteiger partial charge in [-0.05, 0) is 52.3 Å². The topological polar surface area (TPSA) is 53.7 Å². The Bertz CT molecular complexity index is 740. The van der Waals surface area contributed by atoms with Crippen LogP contribution in [0.2, 0.25) is 0 Å². The predicted molar refractivity (Wildman–Crippen MR) is 87.4 cm³/mol. The van der Waals surface area contributed by atoms with Crippen LogP contribution in [0.5, 0.6) is 0 Å². The third kappa shape index (κ3) is 2.32. The predicted octanol–water partition coefficient (Wildman–Crippen LogP) is 1.74. The van der Waals surface area contributed by atoms with Crippen molar-refractivity contribution in [2.75, 3.05) is 20.1 Å². The number of hydrogen-bond donors (Lipinski definition) is 0. The van der Waals surface area contributed by atoms with E-state index in [2.05, 4.69) is 26.9 Å². The summed E-state index contributed by atoms with van der Waals surface area (Å²) in [6.45, 7) is 3.88. The van der Waals surface area contributed by atoms with E-state index < -0.39 is 0 Å². The lowest BCUT2D eigenvalue weighted by molar-refractivity contribution is 0.0665. The molecular formula is C17H23N5O. The molecule has 6 nitrogen and oxygen atoms in total. The van der Waals surface area contributed by atoms with E-state index in [-0.39, 0.29) is 5.91 Å². The second-order valence-electron chi connectivity index (χ2n) is 6.75. The van der Waals surface area contributed by atoms with Crippen molar-refractivity contribution in [2.24, 2.45) is 0 Å². The zero-order chi connectivity index (χ0) is 16.0. The maximum Gasteiger partial charge on any atom is 0.259 e. The highest BCUT2D eigenvalue weighted by molar-refractivity contribution is 6.01. The van der Waals surface area contributed by atoms with Gasteiger partial charge in [0, 0.05) is 31.0 Å². The Morgan fingerprint density at radius 3 is 2.78 bits per heavy atom. The van der Waals surface area contributed by atoms with Crippen LogP contribution < -0.4 is 0 Å². The fourth-order valence-electron chi connectivity index (χ4n) is 4.26. The minimum Gasteiger partial charge on any atom is -0.334 e. The summed E-state index contributed by atoms with van der Waals surface area (Å²) in [6, 6.07) is 2.66. The fourth-order valence-corrected chi connectivity index (χ4v) is 4.26. The SMILES string of the molecule is Cc1nn2cccnc2c1C(=O)N1CCC[C@H]1[C@@H]1CCCN1C. The van der Waals surface area contributed by atoms with Crippen molar-refractivity contribution in [3.63, 3.8) is 0 Å². The summed E-state index contributed by atoms with van der Waals surface area (Å²) in [6.07, 6.45) is 8.19. The van der Waals surface area contributed by atoms with E-state index >= 15 is 0 Å². The van der Waals surface area contributed by atoms with Crippen LogP contribution in [0.15, 0.2) is 18.5 Å². The van der Waals surface area contributed by atoms with Gasteiger partial charge in [-0.2, -0.15) is 5.10 Å². The first-order valence-corrected chi connectivity index (χ1v) is 8.48. The lowest BCUT2D eigenvalue weighted by Crippen LogP contribution is -2.47. The van der Waals surface area contributed by atoms with Gasteiger partial charge in [-0.1, -0.05) is 0 Å². The van der Waals surface area contributed by atoms with Crippen molar-refractivity contribution < 1.29 is 4.79 Å². The molecular weight excluding hydrogens is 290 g/mol. The maximum absolute atomic E-state index is 13.2. The minimum absolute atomic E-state index is 0.0963. The molecule has 6 heteroatoms. The van der Waals surface area contributed by atoms with Crippen LogP contribution in [0.25, 0.3) is 5.65 Å². The molecule has 4 rings (SSSR count). The molecule has 0 spiro atoms. The van der Waals surface area contributed by atoms with Crippen LogP contribution in [-0.2, 0) is 0 Å². The highest BCUT2D eigenvalue weighted by Gasteiger charge is 2.39. The lowest BCUT2D eigenvalue weighted by atomic mass is 10.0. The van der Waals surface area contributed by atoms with E-state index in [1.807, 2.05) is 19.2 Å². The lowest BCUT2D eigenvalue weighted by Gasteiger charge is -2.33. The standard InChI is InChI=1S/C17H23N5O/c1-12-15(16-18-8-5-11-22(16)19-12)17(23)21-10-4-7-14(21)13-6-3-9-20(13)2/h5,8,11,13-14H,3-4,6-7,9-10H2,1-2H3/t13-,14-/m0/s1. The smallest absolute Gasteiger partial charge is 0.259 e. The number of fused-ring (bicyclic) bond motifs is 1. The van der Waals surface area contributed by atoms with Gasteiger partial charge in [0.25, 0.3) is 5.91 Å². The molecule has 0 N–H and O–H groups in total. The molecule has 122 valence electrons. The fraction of sp³-hybridized carbons (Fsp3) is 0.588. The number of aryl methyl sites for hydroxylation is 1. The number of amides is 1.